The lowest BCUT2D eigenvalue weighted by Gasteiger charge is -2.23. The van der Waals surface area contributed by atoms with Gasteiger partial charge in [-0.05, 0) is 18.1 Å². The number of fused-ring (bicyclic) bond motifs is 1. The molecule has 0 fully saturated rings. The normalized spacial score (nSPS) is 18.9. The lowest BCUT2D eigenvalue weighted by molar-refractivity contribution is -0.123. The Labute approximate surface area is 195 Å². The maximum atomic E-state index is 13.1. The molecule has 1 unspecified atom stereocenters. The molecule has 1 aromatic heterocycles. The second kappa shape index (κ2) is 7.66. The first-order valence-electron chi connectivity index (χ1n) is 11.3. The highest BCUT2D eigenvalue weighted by molar-refractivity contribution is 6.48. The van der Waals surface area contributed by atoms with Gasteiger partial charge in [0.25, 0.3) is 11.8 Å². The lowest BCUT2D eigenvalue weighted by atomic mass is 9.92. The molecule has 34 heavy (non-hydrogen) atoms. The van der Waals surface area contributed by atoms with Crippen LogP contribution in [0.3, 0.4) is 0 Å². The average Bonchev–Trinajstić information content (AvgIpc) is 3.48. The number of amides is 2. The summed E-state index contributed by atoms with van der Waals surface area (Å²) in [5.41, 5.74) is 4.52. The Bertz CT molecular complexity index is 1490. The van der Waals surface area contributed by atoms with Crippen LogP contribution in [0.15, 0.2) is 76.1 Å². The topological polar surface area (TPSA) is 92.0 Å². The van der Waals surface area contributed by atoms with Crippen LogP contribution in [0.2, 0.25) is 0 Å². The van der Waals surface area contributed by atoms with Gasteiger partial charge in [0, 0.05) is 41.8 Å². The average molecular weight is 451 g/mol. The van der Waals surface area contributed by atoms with E-state index in [-0.39, 0.29) is 23.0 Å². The molecule has 168 valence electrons. The molecule has 2 amide bonds. The Hall–Kier alpha value is -4.26. The molecular weight excluding hydrogens is 430 g/mol. The smallest absolute Gasteiger partial charge is 0.261 e. The van der Waals surface area contributed by atoms with Crippen LogP contribution in [0.4, 0.5) is 5.69 Å². The van der Waals surface area contributed by atoms with E-state index in [2.05, 4.69) is 10.3 Å². The number of imide groups is 1. The van der Waals surface area contributed by atoms with E-state index in [1.165, 1.54) is 0 Å². The van der Waals surface area contributed by atoms with Gasteiger partial charge in [0.05, 0.1) is 34.9 Å². The van der Waals surface area contributed by atoms with Gasteiger partial charge in [-0.25, -0.2) is 0 Å². The van der Waals surface area contributed by atoms with Crippen molar-refractivity contribution >= 4 is 45.5 Å². The fraction of sp³-hybridized carbons (Fsp3) is 0.185. The Morgan fingerprint density at radius 2 is 1.88 bits per heavy atom. The SMILES string of the molecule is CCCC(=O)C1Cc2cccc3c2N1C=CN=C3C1=C(c2cccc3ccoc23)C(=O)NC1=O. The van der Waals surface area contributed by atoms with Crippen molar-refractivity contribution in [2.75, 3.05) is 4.90 Å². The molecule has 1 N–H and O–H groups in total. The van der Waals surface area contributed by atoms with Crippen LogP contribution in [0.1, 0.15) is 36.5 Å². The number of rotatable bonds is 5. The zero-order valence-electron chi connectivity index (χ0n) is 18.5. The molecule has 1 atom stereocenters. The number of hydrogen-bond donors (Lipinski definition) is 1. The highest BCUT2D eigenvalue weighted by atomic mass is 16.3. The summed E-state index contributed by atoms with van der Waals surface area (Å²) in [6, 6.07) is 12.8. The van der Waals surface area contributed by atoms with Crippen LogP contribution in [0, 0.1) is 0 Å². The number of ketones is 1. The monoisotopic (exact) mass is 451 g/mol. The van der Waals surface area contributed by atoms with Crippen LogP contribution in [-0.2, 0) is 20.8 Å². The van der Waals surface area contributed by atoms with E-state index >= 15 is 0 Å². The molecule has 0 bridgehead atoms. The zero-order valence-corrected chi connectivity index (χ0v) is 18.5. The number of nitrogens with zero attached hydrogens (tertiary/aromatic N) is 2. The maximum Gasteiger partial charge on any atom is 0.261 e. The molecular formula is C27H21N3O4. The van der Waals surface area contributed by atoms with Crippen molar-refractivity contribution in [2.24, 2.45) is 4.99 Å². The van der Waals surface area contributed by atoms with Gasteiger partial charge >= 0.3 is 0 Å². The molecule has 6 rings (SSSR count). The van der Waals surface area contributed by atoms with Gasteiger partial charge in [-0.1, -0.05) is 43.3 Å². The summed E-state index contributed by atoms with van der Waals surface area (Å²) in [4.78, 5) is 45.5. The second-order valence-corrected chi connectivity index (χ2v) is 8.61. The van der Waals surface area contributed by atoms with Crippen molar-refractivity contribution in [1.82, 2.24) is 5.32 Å². The van der Waals surface area contributed by atoms with Crippen LogP contribution >= 0.6 is 0 Å². The summed E-state index contributed by atoms with van der Waals surface area (Å²) >= 11 is 0. The van der Waals surface area contributed by atoms with E-state index in [0.29, 0.717) is 29.7 Å². The van der Waals surface area contributed by atoms with Crippen LogP contribution in [0.25, 0.3) is 16.5 Å². The van der Waals surface area contributed by atoms with Gasteiger partial charge in [0.2, 0.25) is 0 Å². The molecule has 7 heteroatoms. The third-order valence-corrected chi connectivity index (χ3v) is 6.60. The number of furan rings is 1. The summed E-state index contributed by atoms with van der Waals surface area (Å²) < 4.78 is 5.66. The fourth-order valence-electron chi connectivity index (χ4n) is 5.15. The number of aliphatic imine (C=N–C) groups is 1. The molecule has 7 nitrogen and oxygen atoms in total. The van der Waals surface area contributed by atoms with Gasteiger partial charge in [-0.15, -0.1) is 0 Å². The summed E-state index contributed by atoms with van der Waals surface area (Å²) in [5.74, 6) is -0.811. The summed E-state index contributed by atoms with van der Waals surface area (Å²) in [7, 11) is 0. The molecule has 0 saturated carbocycles. The zero-order chi connectivity index (χ0) is 23.4. The number of carbonyl (C=O) groups is 3. The van der Waals surface area contributed by atoms with Gasteiger partial charge in [0.15, 0.2) is 5.78 Å². The summed E-state index contributed by atoms with van der Waals surface area (Å²) in [6.45, 7) is 1.99. The Balaban J connectivity index is 1.55. The minimum absolute atomic E-state index is 0.177. The van der Waals surface area contributed by atoms with Gasteiger partial charge in [-0.3, -0.25) is 24.7 Å². The van der Waals surface area contributed by atoms with E-state index in [0.717, 1.165) is 28.6 Å². The van der Waals surface area contributed by atoms with E-state index in [9.17, 15) is 14.4 Å². The van der Waals surface area contributed by atoms with Crippen LogP contribution in [0.5, 0.6) is 0 Å². The van der Waals surface area contributed by atoms with E-state index in [4.69, 9.17) is 4.42 Å². The highest BCUT2D eigenvalue weighted by Gasteiger charge is 2.40. The van der Waals surface area contributed by atoms with Crippen molar-refractivity contribution < 1.29 is 18.8 Å². The number of anilines is 1. The number of carbonyl (C=O) groups excluding carboxylic acids is 3. The Morgan fingerprint density at radius 1 is 1.09 bits per heavy atom. The summed E-state index contributed by atoms with van der Waals surface area (Å²) in [6.07, 6.45) is 6.85. The number of nitrogens with one attached hydrogen (secondary N) is 1. The van der Waals surface area contributed by atoms with Gasteiger partial charge in [-0.2, -0.15) is 0 Å². The van der Waals surface area contributed by atoms with E-state index in [1.54, 1.807) is 24.7 Å². The van der Waals surface area contributed by atoms with Crippen molar-refractivity contribution in [3.05, 3.63) is 83.4 Å². The number of para-hydroxylation sites is 2. The lowest BCUT2D eigenvalue weighted by Crippen LogP contribution is -2.35. The van der Waals surface area contributed by atoms with Crippen molar-refractivity contribution in [1.29, 1.82) is 0 Å². The number of benzene rings is 2. The van der Waals surface area contributed by atoms with Crippen LogP contribution in [-0.4, -0.2) is 29.4 Å². The first-order valence-corrected chi connectivity index (χ1v) is 11.3. The molecule has 0 saturated heterocycles. The number of Topliss-reactive ketones (excluding diaryl/α,β-unsaturated/α-hetero) is 1. The predicted octanol–water partition coefficient (Wildman–Crippen LogP) is 3.92. The fourth-order valence-corrected chi connectivity index (χ4v) is 5.15. The molecule has 3 aliphatic rings. The quantitative estimate of drug-likeness (QED) is 0.594. The maximum absolute atomic E-state index is 13.1. The largest absolute Gasteiger partial charge is 0.464 e. The minimum Gasteiger partial charge on any atom is -0.464 e. The third-order valence-electron chi connectivity index (χ3n) is 6.60. The van der Waals surface area contributed by atoms with Crippen molar-refractivity contribution in [3.63, 3.8) is 0 Å². The summed E-state index contributed by atoms with van der Waals surface area (Å²) in [5, 5.41) is 3.28. The van der Waals surface area contributed by atoms with Gasteiger partial charge < -0.3 is 9.32 Å². The molecule has 0 aliphatic carbocycles. The van der Waals surface area contributed by atoms with Crippen molar-refractivity contribution in [2.45, 2.75) is 32.2 Å². The third kappa shape index (κ3) is 2.90. The number of hydrogen-bond acceptors (Lipinski definition) is 6. The van der Waals surface area contributed by atoms with E-state index in [1.807, 2.05) is 48.2 Å². The molecule has 4 heterocycles. The van der Waals surface area contributed by atoms with E-state index < -0.39 is 11.8 Å². The molecule has 0 radical (unpaired) electrons. The van der Waals surface area contributed by atoms with Crippen molar-refractivity contribution in [3.8, 4) is 0 Å². The minimum atomic E-state index is -0.502. The Morgan fingerprint density at radius 3 is 2.74 bits per heavy atom. The molecule has 3 aromatic rings. The van der Waals surface area contributed by atoms with Gasteiger partial charge in [0.1, 0.15) is 5.58 Å². The van der Waals surface area contributed by atoms with Crippen LogP contribution < -0.4 is 10.2 Å². The molecule has 2 aromatic carbocycles. The Kier molecular flexibility index (Phi) is 4.58. The first kappa shape index (κ1) is 20.4. The molecule has 3 aliphatic heterocycles. The molecule has 0 spiro atoms. The standard InChI is InChI=1S/C27H21N3O4/c1-2-5-20(31)19-14-16-7-4-9-18-23(28-11-12-30(19)24(16)18)22-21(26(32)29-27(22)33)17-8-3-6-15-10-13-34-25(15)17/h3-4,6-13,19H,2,5,14H2,1H3,(H,29,32,33). The highest BCUT2D eigenvalue weighted by Crippen LogP contribution is 2.41. The first-order chi connectivity index (χ1) is 16.6. The second-order valence-electron chi connectivity index (χ2n) is 8.61. The predicted molar refractivity (Wildman–Crippen MR) is 128 cm³/mol.